The Morgan fingerprint density at radius 2 is 1.79 bits per heavy atom. The molecule has 0 aliphatic carbocycles. The van der Waals surface area contributed by atoms with Gasteiger partial charge in [-0.2, -0.15) is 0 Å². The molecule has 3 aromatic rings. The van der Waals surface area contributed by atoms with Gasteiger partial charge in [-0.15, -0.1) is 0 Å². The quantitative estimate of drug-likeness (QED) is 0.755. The lowest BCUT2D eigenvalue weighted by atomic mass is 10.1. The van der Waals surface area contributed by atoms with Gasteiger partial charge in [0, 0.05) is 24.8 Å². The minimum atomic E-state index is -0.150. The van der Waals surface area contributed by atoms with Crippen LogP contribution >= 0.6 is 0 Å². The maximum atomic E-state index is 12.7. The maximum absolute atomic E-state index is 12.7. The molecule has 1 amide bonds. The number of carbonyl (C=O) groups excluding carboxylic acids is 1. The third kappa shape index (κ3) is 3.62. The van der Waals surface area contributed by atoms with Crippen LogP contribution < -0.4 is 5.32 Å². The minimum Gasteiger partial charge on any atom is -0.330 e. The molecule has 1 aliphatic heterocycles. The topological polar surface area (TPSA) is 75.9 Å². The summed E-state index contributed by atoms with van der Waals surface area (Å²) in [6.45, 7) is 5.90. The van der Waals surface area contributed by atoms with Crippen molar-refractivity contribution in [3.05, 3.63) is 36.5 Å². The number of imidazole rings is 1. The minimum absolute atomic E-state index is 0.00899. The van der Waals surface area contributed by atoms with E-state index in [1.165, 1.54) is 6.42 Å². The third-order valence-corrected chi connectivity index (χ3v) is 5.66. The van der Waals surface area contributed by atoms with Gasteiger partial charge in [-0.1, -0.05) is 6.42 Å². The predicted octanol–water partition coefficient (Wildman–Crippen LogP) is 3.15. The number of amides is 1. The fourth-order valence-corrected chi connectivity index (χ4v) is 3.69. The van der Waals surface area contributed by atoms with E-state index in [1.807, 2.05) is 50.0 Å². The van der Waals surface area contributed by atoms with Crippen molar-refractivity contribution in [2.45, 2.75) is 39.2 Å². The van der Waals surface area contributed by atoms with E-state index < -0.39 is 0 Å². The lowest BCUT2D eigenvalue weighted by Crippen LogP contribution is -2.44. The van der Waals surface area contributed by atoms with E-state index in [4.69, 9.17) is 0 Å². The molecule has 0 spiro atoms. The highest BCUT2D eigenvalue weighted by atomic mass is 16.2. The van der Waals surface area contributed by atoms with Crippen LogP contribution in [-0.2, 0) is 11.8 Å². The number of hydrogen-bond acceptors (Lipinski definition) is 5. The number of piperidine rings is 1. The van der Waals surface area contributed by atoms with Crippen LogP contribution in [0.2, 0.25) is 0 Å². The molecular formula is C21H26N6O. The smallest absolute Gasteiger partial charge is 0.242 e. The Morgan fingerprint density at radius 3 is 2.50 bits per heavy atom. The van der Waals surface area contributed by atoms with Gasteiger partial charge < -0.3 is 9.88 Å². The number of pyridine rings is 2. The number of carbonyl (C=O) groups is 1. The molecular weight excluding hydrogens is 352 g/mol. The van der Waals surface area contributed by atoms with Crippen LogP contribution in [0.3, 0.4) is 0 Å². The number of nitrogens with zero attached hydrogens (tertiary/aromatic N) is 5. The van der Waals surface area contributed by atoms with Gasteiger partial charge in [-0.05, 0) is 57.3 Å². The van der Waals surface area contributed by atoms with Crippen molar-refractivity contribution in [2.75, 3.05) is 18.4 Å². The van der Waals surface area contributed by atoms with Gasteiger partial charge in [0.05, 0.1) is 23.6 Å². The first-order valence-electron chi connectivity index (χ1n) is 9.82. The van der Waals surface area contributed by atoms with E-state index >= 15 is 0 Å². The predicted molar refractivity (Wildman–Crippen MR) is 110 cm³/mol. The highest BCUT2D eigenvalue weighted by molar-refractivity contribution is 5.96. The molecule has 1 atom stereocenters. The molecule has 146 valence electrons. The maximum Gasteiger partial charge on any atom is 0.242 e. The SMILES string of the molecule is Cc1ncc(-c2cc3cc(NC(=O)C(C)N4CCCCC4)ncc3cn2)n1C. The summed E-state index contributed by atoms with van der Waals surface area (Å²) in [7, 11) is 1.98. The highest BCUT2D eigenvalue weighted by Crippen LogP contribution is 2.23. The van der Waals surface area contributed by atoms with Crippen molar-refractivity contribution in [3.63, 3.8) is 0 Å². The Labute approximate surface area is 164 Å². The van der Waals surface area contributed by atoms with Crippen molar-refractivity contribution >= 4 is 22.5 Å². The Kier molecular flexibility index (Phi) is 5.09. The van der Waals surface area contributed by atoms with Gasteiger partial charge in [-0.3, -0.25) is 14.7 Å². The molecule has 0 saturated carbocycles. The van der Waals surface area contributed by atoms with E-state index in [9.17, 15) is 4.79 Å². The fourth-order valence-electron chi connectivity index (χ4n) is 3.69. The zero-order chi connectivity index (χ0) is 19.7. The van der Waals surface area contributed by atoms with E-state index in [1.54, 1.807) is 6.20 Å². The average molecular weight is 378 g/mol. The largest absolute Gasteiger partial charge is 0.330 e. The van der Waals surface area contributed by atoms with Gasteiger partial charge in [-0.25, -0.2) is 9.97 Å². The average Bonchev–Trinajstić information content (AvgIpc) is 3.06. The van der Waals surface area contributed by atoms with E-state index in [0.29, 0.717) is 5.82 Å². The monoisotopic (exact) mass is 378 g/mol. The molecule has 1 aliphatic rings. The Balaban J connectivity index is 1.56. The van der Waals surface area contributed by atoms with Gasteiger partial charge in [0.2, 0.25) is 5.91 Å². The second-order valence-corrected chi connectivity index (χ2v) is 7.50. The molecule has 0 radical (unpaired) electrons. The number of aromatic nitrogens is 4. The Morgan fingerprint density at radius 1 is 1.04 bits per heavy atom. The molecule has 1 N–H and O–H groups in total. The lowest BCUT2D eigenvalue weighted by molar-refractivity contribution is -0.121. The number of rotatable bonds is 4. The highest BCUT2D eigenvalue weighted by Gasteiger charge is 2.23. The normalized spacial score (nSPS) is 16.2. The van der Waals surface area contributed by atoms with Gasteiger partial charge in [0.15, 0.2) is 0 Å². The molecule has 3 aromatic heterocycles. The number of fused-ring (bicyclic) bond motifs is 1. The second kappa shape index (κ2) is 7.67. The first-order chi connectivity index (χ1) is 13.5. The molecule has 1 saturated heterocycles. The summed E-state index contributed by atoms with van der Waals surface area (Å²) in [5.74, 6) is 1.50. The molecule has 7 nitrogen and oxygen atoms in total. The summed E-state index contributed by atoms with van der Waals surface area (Å²) < 4.78 is 2.01. The van der Waals surface area contributed by atoms with Crippen LogP contribution in [0.4, 0.5) is 5.82 Å². The van der Waals surface area contributed by atoms with Crippen molar-refractivity contribution in [1.29, 1.82) is 0 Å². The van der Waals surface area contributed by atoms with E-state index in [0.717, 1.165) is 53.9 Å². The van der Waals surface area contributed by atoms with Crippen LogP contribution in [0, 0.1) is 6.92 Å². The third-order valence-electron chi connectivity index (χ3n) is 5.66. The van der Waals surface area contributed by atoms with Crippen LogP contribution in [0.1, 0.15) is 32.0 Å². The van der Waals surface area contributed by atoms with Gasteiger partial charge >= 0.3 is 0 Å². The van der Waals surface area contributed by atoms with E-state index in [-0.39, 0.29) is 11.9 Å². The van der Waals surface area contributed by atoms with Gasteiger partial charge in [0.1, 0.15) is 11.6 Å². The molecule has 1 unspecified atom stereocenters. The number of aryl methyl sites for hydroxylation is 1. The number of nitrogens with one attached hydrogen (secondary N) is 1. The number of hydrogen-bond donors (Lipinski definition) is 1. The summed E-state index contributed by atoms with van der Waals surface area (Å²) in [5, 5.41) is 4.90. The molecule has 4 heterocycles. The standard InChI is InChI=1S/C21H26N6O/c1-14(27-7-5-4-6-8-27)21(28)25-20-10-16-9-18(23-11-17(16)12-24-20)19-13-22-15(2)26(19)3/h9-14H,4-8H2,1-3H3,(H,24,25,28). The van der Waals surface area contributed by atoms with Gasteiger partial charge in [0.25, 0.3) is 0 Å². The summed E-state index contributed by atoms with van der Waals surface area (Å²) in [6, 6.07) is 3.77. The van der Waals surface area contributed by atoms with E-state index in [2.05, 4.69) is 25.2 Å². The molecule has 1 fully saturated rings. The molecule has 0 aromatic carbocycles. The summed E-state index contributed by atoms with van der Waals surface area (Å²) in [4.78, 5) is 28.2. The van der Waals surface area contributed by atoms with Crippen LogP contribution in [-0.4, -0.2) is 49.5 Å². The summed E-state index contributed by atoms with van der Waals surface area (Å²) in [6.07, 6.45) is 8.96. The molecule has 4 rings (SSSR count). The molecule has 7 heteroatoms. The molecule has 28 heavy (non-hydrogen) atoms. The zero-order valence-corrected chi connectivity index (χ0v) is 16.6. The van der Waals surface area contributed by atoms with Crippen LogP contribution in [0.5, 0.6) is 0 Å². The van der Waals surface area contributed by atoms with Crippen LogP contribution in [0.25, 0.3) is 22.2 Å². The van der Waals surface area contributed by atoms with Crippen molar-refractivity contribution < 1.29 is 4.79 Å². The Bertz CT molecular complexity index is 1010. The Hall–Kier alpha value is -2.80. The zero-order valence-electron chi connectivity index (χ0n) is 16.6. The summed E-state index contributed by atoms with van der Waals surface area (Å²) >= 11 is 0. The second-order valence-electron chi connectivity index (χ2n) is 7.50. The first-order valence-corrected chi connectivity index (χ1v) is 9.82. The molecule has 0 bridgehead atoms. The first kappa shape index (κ1) is 18.6. The van der Waals surface area contributed by atoms with Crippen molar-refractivity contribution in [2.24, 2.45) is 7.05 Å². The summed E-state index contributed by atoms with van der Waals surface area (Å²) in [5.41, 5.74) is 1.81. The number of anilines is 1. The van der Waals surface area contributed by atoms with Crippen molar-refractivity contribution in [3.8, 4) is 11.4 Å². The number of likely N-dealkylation sites (tertiary alicyclic amines) is 1. The fraction of sp³-hybridized carbons (Fsp3) is 0.429. The lowest BCUT2D eigenvalue weighted by Gasteiger charge is -2.31. The van der Waals surface area contributed by atoms with Crippen molar-refractivity contribution in [1.82, 2.24) is 24.4 Å². The van der Waals surface area contributed by atoms with Crippen LogP contribution in [0.15, 0.2) is 30.7 Å².